The van der Waals surface area contributed by atoms with Crippen molar-refractivity contribution >= 4 is 0 Å². The highest BCUT2D eigenvalue weighted by molar-refractivity contribution is 4.56. The van der Waals surface area contributed by atoms with Crippen LogP contribution in [0.2, 0.25) is 0 Å². The summed E-state index contributed by atoms with van der Waals surface area (Å²) in [4.78, 5) is 2.15. The lowest BCUT2D eigenvalue weighted by molar-refractivity contribution is 0.141. The van der Waals surface area contributed by atoms with E-state index in [1.54, 1.807) is 0 Å². The summed E-state index contributed by atoms with van der Waals surface area (Å²) in [5.41, 5.74) is 0. The first-order valence-electron chi connectivity index (χ1n) is 4.57. The topological polar surface area (TPSA) is 43.7 Å². The Morgan fingerprint density at radius 3 is 2.08 bits per heavy atom. The molecule has 0 aromatic rings. The first kappa shape index (κ1) is 11.9. The Bertz CT molecular complexity index is 92.5. The van der Waals surface area contributed by atoms with Crippen LogP contribution in [0, 0.1) is 5.92 Å². The Kier molecular flexibility index (Phi) is 7.45. The first-order chi connectivity index (χ1) is 5.70. The minimum absolute atomic E-state index is 0.0900. The Morgan fingerprint density at radius 1 is 1.08 bits per heavy atom. The Hall–Kier alpha value is -0.120. The van der Waals surface area contributed by atoms with Crippen molar-refractivity contribution in [1.29, 1.82) is 0 Å². The van der Waals surface area contributed by atoms with Crippen molar-refractivity contribution in [2.45, 2.75) is 19.3 Å². The van der Waals surface area contributed by atoms with Crippen LogP contribution in [0.4, 0.5) is 0 Å². The van der Waals surface area contributed by atoms with E-state index in [2.05, 4.69) is 19.0 Å². The molecule has 74 valence electrons. The van der Waals surface area contributed by atoms with E-state index in [0.29, 0.717) is 0 Å². The summed E-state index contributed by atoms with van der Waals surface area (Å²) in [6, 6.07) is 0. The van der Waals surface area contributed by atoms with Gasteiger partial charge in [-0.1, -0.05) is 6.42 Å². The first-order valence-corrected chi connectivity index (χ1v) is 4.57. The third-order valence-corrected chi connectivity index (χ3v) is 1.98. The summed E-state index contributed by atoms with van der Waals surface area (Å²) in [6.07, 6.45) is 3.16. The molecule has 0 saturated heterocycles. The third-order valence-electron chi connectivity index (χ3n) is 1.98. The van der Waals surface area contributed by atoms with Gasteiger partial charge in [-0.15, -0.1) is 0 Å². The Labute approximate surface area is 75.0 Å². The van der Waals surface area contributed by atoms with E-state index < -0.39 is 0 Å². The predicted molar refractivity (Wildman–Crippen MR) is 50.1 cm³/mol. The van der Waals surface area contributed by atoms with Gasteiger partial charge in [0, 0.05) is 19.1 Å². The molecule has 0 radical (unpaired) electrons. The van der Waals surface area contributed by atoms with Gasteiger partial charge in [-0.05, 0) is 33.5 Å². The number of aliphatic hydroxyl groups is 2. The maximum absolute atomic E-state index is 8.76. The van der Waals surface area contributed by atoms with Crippen LogP contribution < -0.4 is 0 Å². The summed E-state index contributed by atoms with van der Waals surface area (Å²) in [5.74, 6) is 0.0900. The minimum Gasteiger partial charge on any atom is -0.396 e. The van der Waals surface area contributed by atoms with E-state index in [4.69, 9.17) is 10.2 Å². The molecule has 0 amide bonds. The normalized spacial score (nSPS) is 11.5. The van der Waals surface area contributed by atoms with Crippen LogP contribution in [0.5, 0.6) is 0 Å². The largest absolute Gasteiger partial charge is 0.396 e. The van der Waals surface area contributed by atoms with E-state index in [0.717, 1.165) is 25.8 Å². The van der Waals surface area contributed by atoms with E-state index >= 15 is 0 Å². The second kappa shape index (κ2) is 7.53. The fourth-order valence-corrected chi connectivity index (χ4v) is 1.10. The van der Waals surface area contributed by atoms with Crippen LogP contribution in [0.15, 0.2) is 0 Å². The van der Waals surface area contributed by atoms with E-state index in [9.17, 15) is 0 Å². The fraction of sp³-hybridized carbons (Fsp3) is 1.00. The molecule has 2 N–H and O–H groups in total. The number of rotatable bonds is 7. The number of hydrogen-bond acceptors (Lipinski definition) is 3. The highest BCUT2D eigenvalue weighted by atomic mass is 16.3. The maximum atomic E-state index is 8.76. The zero-order valence-electron chi connectivity index (χ0n) is 8.16. The monoisotopic (exact) mass is 175 g/mol. The average Bonchev–Trinajstić information content (AvgIpc) is 2.04. The predicted octanol–water partition coefficient (Wildman–Crippen LogP) is 0.319. The molecule has 0 spiro atoms. The zero-order valence-corrected chi connectivity index (χ0v) is 8.16. The molecule has 3 heteroatoms. The van der Waals surface area contributed by atoms with E-state index in [-0.39, 0.29) is 19.1 Å². The molecule has 0 bridgehead atoms. The standard InChI is InChI=1S/C9H21NO2/c1-10(2)6-4-3-5-9(7-11)8-12/h9,11-12H,3-8H2,1-2H3. The van der Waals surface area contributed by atoms with Gasteiger partial charge in [-0.25, -0.2) is 0 Å². The van der Waals surface area contributed by atoms with Gasteiger partial charge in [-0.3, -0.25) is 0 Å². The van der Waals surface area contributed by atoms with Crippen LogP contribution in [-0.2, 0) is 0 Å². The van der Waals surface area contributed by atoms with Crippen molar-refractivity contribution in [2.24, 2.45) is 5.92 Å². The van der Waals surface area contributed by atoms with Crippen molar-refractivity contribution in [3.05, 3.63) is 0 Å². The summed E-state index contributed by atoms with van der Waals surface area (Å²) in [5, 5.41) is 17.5. The van der Waals surface area contributed by atoms with Gasteiger partial charge >= 0.3 is 0 Å². The number of nitrogens with zero attached hydrogens (tertiary/aromatic N) is 1. The second-order valence-corrected chi connectivity index (χ2v) is 3.53. The number of hydrogen-bond donors (Lipinski definition) is 2. The highest BCUT2D eigenvalue weighted by Gasteiger charge is 2.04. The SMILES string of the molecule is CN(C)CCCCC(CO)CO. The molecule has 0 aliphatic rings. The minimum atomic E-state index is 0.0900. The van der Waals surface area contributed by atoms with Gasteiger partial charge in [0.2, 0.25) is 0 Å². The van der Waals surface area contributed by atoms with Gasteiger partial charge < -0.3 is 15.1 Å². The maximum Gasteiger partial charge on any atom is 0.0481 e. The smallest absolute Gasteiger partial charge is 0.0481 e. The van der Waals surface area contributed by atoms with Crippen LogP contribution >= 0.6 is 0 Å². The van der Waals surface area contributed by atoms with Crippen molar-refractivity contribution in [3.8, 4) is 0 Å². The van der Waals surface area contributed by atoms with Crippen LogP contribution in [0.1, 0.15) is 19.3 Å². The third kappa shape index (κ3) is 6.58. The van der Waals surface area contributed by atoms with Crippen molar-refractivity contribution < 1.29 is 10.2 Å². The molecule has 12 heavy (non-hydrogen) atoms. The van der Waals surface area contributed by atoms with Gasteiger partial charge in [-0.2, -0.15) is 0 Å². The molecule has 0 heterocycles. The molecule has 0 rings (SSSR count). The van der Waals surface area contributed by atoms with Gasteiger partial charge in [0.15, 0.2) is 0 Å². The van der Waals surface area contributed by atoms with Gasteiger partial charge in [0.1, 0.15) is 0 Å². The molecule has 0 saturated carbocycles. The summed E-state index contributed by atoms with van der Waals surface area (Å²) in [6.45, 7) is 1.31. The lowest BCUT2D eigenvalue weighted by Crippen LogP contribution is -2.15. The molecule has 0 fully saturated rings. The molecule has 0 atom stereocenters. The lowest BCUT2D eigenvalue weighted by atomic mass is 10.0. The van der Waals surface area contributed by atoms with Crippen LogP contribution in [0.3, 0.4) is 0 Å². The molecular weight excluding hydrogens is 154 g/mol. The highest BCUT2D eigenvalue weighted by Crippen LogP contribution is 2.06. The number of unbranched alkanes of at least 4 members (excludes halogenated alkanes) is 1. The van der Waals surface area contributed by atoms with Crippen molar-refractivity contribution in [3.63, 3.8) is 0 Å². The van der Waals surface area contributed by atoms with Gasteiger partial charge in [0.05, 0.1) is 0 Å². The summed E-state index contributed by atoms with van der Waals surface area (Å²) < 4.78 is 0. The van der Waals surface area contributed by atoms with Gasteiger partial charge in [0.25, 0.3) is 0 Å². The summed E-state index contributed by atoms with van der Waals surface area (Å²) in [7, 11) is 4.10. The quantitative estimate of drug-likeness (QED) is 0.548. The lowest BCUT2D eigenvalue weighted by Gasteiger charge is -2.12. The summed E-state index contributed by atoms with van der Waals surface area (Å²) >= 11 is 0. The van der Waals surface area contributed by atoms with Crippen molar-refractivity contribution in [1.82, 2.24) is 4.90 Å². The van der Waals surface area contributed by atoms with Crippen LogP contribution in [-0.4, -0.2) is 49.0 Å². The zero-order chi connectivity index (χ0) is 9.40. The number of aliphatic hydroxyl groups excluding tert-OH is 2. The molecule has 0 unspecified atom stereocenters. The second-order valence-electron chi connectivity index (χ2n) is 3.53. The molecule has 0 aliphatic carbocycles. The Morgan fingerprint density at radius 2 is 1.67 bits per heavy atom. The molecular formula is C9H21NO2. The Balaban J connectivity index is 3.17. The molecule has 0 aliphatic heterocycles. The van der Waals surface area contributed by atoms with E-state index in [1.165, 1.54) is 0 Å². The molecule has 0 aromatic heterocycles. The fourth-order valence-electron chi connectivity index (χ4n) is 1.10. The van der Waals surface area contributed by atoms with Crippen molar-refractivity contribution in [2.75, 3.05) is 33.9 Å². The van der Waals surface area contributed by atoms with Crippen LogP contribution in [0.25, 0.3) is 0 Å². The molecule has 0 aromatic carbocycles. The molecule has 3 nitrogen and oxygen atoms in total. The van der Waals surface area contributed by atoms with E-state index in [1.807, 2.05) is 0 Å². The average molecular weight is 175 g/mol.